The fourth-order valence-electron chi connectivity index (χ4n) is 0.742. The van der Waals surface area contributed by atoms with Crippen LogP contribution in [0.4, 0.5) is 17.3 Å². The van der Waals surface area contributed by atoms with Crippen LogP contribution in [-0.4, -0.2) is 49.2 Å². The highest BCUT2D eigenvalue weighted by Gasteiger charge is 2.24. The molecule has 1 heterocycles. The quantitative estimate of drug-likeness (QED) is 0.197. The first kappa shape index (κ1) is 12.7. The van der Waals surface area contributed by atoms with Crippen LogP contribution in [-0.2, 0) is 0 Å². The Morgan fingerprint density at radius 1 is 1.46 bits per heavy atom. The van der Waals surface area contributed by atoms with Crippen molar-refractivity contribution in [2.75, 3.05) is 20.6 Å². The molecule has 0 spiro atoms. The van der Waals surface area contributed by atoms with Gasteiger partial charge >= 0.3 is 7.25 Å². The Hall–Kier alpha value is -0.295. The lowest BCUT2D eigenvalue weighted by atomic mass is 10.3. The molecule has 0 saturated carbocycles. The van der Waals surface area contributed by atoms with Crippen LogP contribution in [0.25, 0.3) is 0 Å². The Kier molecular flexibility index (Phi) is 4.70. The molecule has 0 aromatic rings. The molecule has 13 heavy (non-hydrogen) atoms. The summed E-state index contributed by atoms with van der Waals surface area (Å²) in [5.41, 5.74) is 0.0648. The van der Waals surface area contributed by atoms with E-state index in [2.05, 4.69) is 11.1 Å². The molecule has 1 rings (SSSR count). The number of hydrogen-bond donors (Lipinski definition) is 0. The van der Waals surface area contributed by atoms with Crippen LogP contribution in [0.1, 0.15) is 0 Å². The fourth-order valence-corrected chi connectivity index (χ4v) is 0.902. The zero-order valence-electron chi connectivity index (χ0n) is 7.22. The maximum Gasteiger partial charge on any atom is 0.673 e. The van der Waals surface area contributed by atoms with E-state index in [1.54, 1.807) is 0 Å². The van der Waals surface area contributed by atoms with Crippen LogP contribution >= 0.6 is 11.6 Å². The van der Waals surface area contributed by atoms with Gasteiger partial charge in [0.1, 0.15) is 7.05 Å². The molecule has 0 fully saturated rings. The lowest BCUT2D eigenvalue weighted by molar-refractivity contribution is -0.520. The van der Waals surface area contributed by atoms with Gasteiger partial charge in [-0.25, -0.2) is 9.48 Å². The van der Waals surface area contributed by atoms with Gasteiger partial charge < -0.3 is 17.3 Å². The van der Waals surface area contributed by atoms with E-state index in [0.29, 0.717) is 0 Å². The smallest absolute Gasteiger partial charge is 0.418 e. The van der Waals surface area contributed by atoms with Crippen molar-refractivity contribution in [1.29, 1.82) is 0 Å². The third-order valence-electron chi connectivity index (χ3n) is 1.36. The van der Waals surface area contributed by atoms with Crippen molar-refractivity contribution >= 4 is 25.1 Å². The number of hydrogen-bond acceptors (Lipinski definition) is 1. The number of alkyl halides is 1. The fraction of sp³-hybridized carbons (Fsp3) is 0.800. The third kappa shape index (κ3) is 6.83. The van der Waals surface area contributed by atoms with Gasteiger partial charge in [0.05, 0.1) is 6.54 Å². The summed E-state index contributed by atoms with van der Waals surface area (Å²) in [5, 5.41) is 0. The molecule has 1 unspecified atom stereocenters. The van der Waals surface area contributed by atoms with E-state index in [0.717, 1.165) is 6.54 Å². The molecule has 78 valence electrons. The molecule has 1 aliphatic rings. The van der Waals surface area contributed by atoms with Crippen LogP contribution in [0, 0.1) is 0 Å². The summed E-state index contributed by atoms with van der Waals surface area (Å²) in [4.78, 5) is 2.06. The van der Waals surface area contributed by atoms with Gasteiger partial charge in [-0.2, -0.15) is 0 Å². The molecule has 0 N–H and O–H groups in total. The van der Waals surface area contributed by atoms with Gasteiger partial charge in [-0.3, -0.25) is 0 Å². The third-order valence-corrected chi connectivity index (χ3v) is 2.00. The molecule has 8 heteroatoms. The molecule has 1 atom stereocenters. The maximum atomic E-state index is 9.75. The standard InChI is InChI=1S/C5H10ClN2.BF4/c1-7-3-4-8(2)5(7)6;2-1(3,4)5/h3,5H,4H2,1-2H3;/q+1;-1. The molecule has 0 aromatic heterocycles. The van der Waals surface area contributed by atoms with E-state index < -0.39 is 7.25 Å². The highest BCUT2D eigenvalue weighted by molar-refractivity contribution is 6.50. The average Bonchev–Trinajstić information content (AvgIpc) is 2.16. The Morgan fingerprint density at radius 2 is 1.85 bits per heavy atom. The second kappa shape index (κ2) is 4.81. The monoisotopic (exact) mass is 220 g/mol. The Morgan fingerprint density at radius 3 is 1.92 bits per heavy atom. The summed E-state index contributed by atoms with van der Waals surface area (Å²) in [6.07, 6.45) is 2.07. The van der Waals surface area contributed by atoms with Crippen molar-refractivity contribution in [2.45, 2.75) is 5.62 Å². The van der Waals surface area contributed by atoms with E-state index in [1.807, 2.05) is 18.7 Å². The van der Waals surface area contributed by atoms with Crippen molar-refractivity contribution in [3.63, 3.8) is 0 Å². The van der Waals surface area contributed by atoms with Crippen molar-refractivity contribution in [3.8, 4) is 0 Å². The molecule has 0 aromatic carbocycles. The van der Waals surface area contributed by atoms with Crippen molar-refractivity contribution in [1.82, 2.24) is 4.90 Å². The molecule has 0 radical (unpaired) electrons. The average molecular weight is 220 g/mol. The normalized spacial score (nSPS) is 23.6. The summed E-state index contributed by atoms with van der Waals surface area (Å²) in [5.74, 6) is 0. The van der Waals surface area contributed by atoms with E-state index >= 15 is 0 Å². The lowest BCUT2D eigenvalue weighted by Crippen LogP contribution is -2.26. The molecule has 1 aliphatic heterocycles. The SMILES string of the molecule is CN1CC=[N+](C)C1Cl.F[B-](F)(F)F. The molecular formula is C5H10BClF4N2. The molecule has 2 nitrogen and oxygen atoms in total. The van der Waals surface area contributed by atoms with Gasteiger partial charge in [0, 0.05) is 0 Å². The maximum absolute atomic E-state index is 9.75. The van der Waals surface area contributed by atoms with E-state index in [4.69, 9.17) is 11.6 Å². The Balaban J connectivity index is 0.000000252. The minimum atomic E-state index is -6.00. The van der Waals surface area contributed by atoms with Crippen LogP contribution in [0.3, 0.4) is 0 Å². The van der Waals surface area contributed by atoms with Crippen molar-refractivity contribution in [2.24, 2.45) is 0 Å². The van der Waals surface area contributed by atoms with E-state index in [9.17, 15) is 17.3 Å². The minimum absolute atomic E-state index is 0.0648. The first-order chi connectivity index (χ1) is 5.72. The van der Waals surface area contributed by atoms with Crippen molar-refractivity contribution < 1.29 is 21.8 Å². The Bertz CT molecular complexity index is 189. The Labute approximate surface area is 78.9 Å². The van der Waals surface area contributed by atoms with Gasteiger partial charge in [-0.05, 0) is 18.6 Å². The summed E-state index contributed by atoms with van der Waals surface area (Å²) in [7, 11) is -2.03. The summed E-state index contributed by atoms with van der Waals surface area (Å²) in [6.45, 7) is 0.963. The molecule has 0 bridgehead atoms. The van der Waals surface area contributed by atoms with Crippen LogP contribution in [0.15, 0.2) is 0 Å². The van der Waals surface area contributed by atoms with E-state index in [-0.39, 0.29) is 5.62 Å². The molecular weight excluding hydrogens is 210 g/mol. The number of halogens is 5. The number of rotatable bonds is 0. The second-order valence-corrected chi connectivity index (χ2v) is 2.98. The minimum Gasteiger partial charge on any atom is -0.418 e. The number of nitrogens with zero attached hydrogens (tertiary/aromatic N) is 2. The largest absolute Gasteiger partial charge is 0.673 e. The van der Waals surface area contributed by atoms with Crippen molar-refractivity contribution in [3.05, 3.63) is 0 Å². The van der Waals surface area contributed by atoms with E-state index in [1.165, 1.54) is 0 Å². The summed E-state index contributed by atoms with van der Waals surface area (Å²) >= 11 is 5.83. The predicted octanol–water partition coefficient (Wildman–Crippen LogP) is 1.47. The summed E-state index contributed by atoms with van der Waals surface area (Å²) in [6, 6.07) is 0. The summed E-state index contributed by atoms with van der Waals surface area (Å²) < 4.78 is 41.0. The molecule has 0 saturated heterocycles. The highest BCUT2D eigenvalue weighted by atomic mass is 35.5. The van der Waals surface area contributed by atoms with Crippen LogP contribution < -0.4 is 0 Å². The van der Waals surface area contributed by atoms with Gasteiger partial charge in [0.15, 0.2) is 6.21 Å². The van der Waals surface area contributed by atoms with Gasteiger partial charge in [-0.15, -0.1) is 0 Å². The topological polar surface area (TPSA) is 6.25 Å². The van der Waals surface area contributed by atoms with Gasteiger partial charge in [0.2, 0.25) is 0 Å². The first-order valence-electron chi connectivity index (χ1n) is 3.48. The van der Waals surface area contributed by atoms with Crippen LogP contribution in [0.2, 0.25) is 0 Å². The van der Waals surface area contributed by atoms with Crippen LogP contribution in [0.5, 0.6) is 0 Å². The second-order valence-electron chi connectivity index (χ2n) is 2.59. The lowest BCUT2D eigenvalue weighted by Gasteiger charge is -2.06. The van der Waals surface area contributed by atoms with Gasteiger partial charge in [-0.1, -0.05) is 0 Å². The first-order valence-corrected chi connectivity index (χ1v) is 3.92. The predicted molar refractivity (Wildman–Crippen MR) is 44.7 cm³/mol. The highest BCUT2D eigenvalue weighted by Crippen LogP contribution is 2.06. The molecule has 0 aliphatic carbocycles. The zero-order valence-corrected chi connectivity index (χ0v) is 7.98. The van der Waals surface area contributed by atoms with Gasteiger partial charge in [0.25, 0.3) is 5.62 Å². The zero-order chi connectivity index (χ0) is 10.6. The molecule has 0 amide bonds.